The number of alkyl halides is 3. The van der Waals surface area contributed by atoms with E-state index in [0.717, 1.165) is 16.7 Å². The molecule has 1 aliphatic rings. The minimum Gasteiger partial charge on any atom is -0.497 e. The van der Waals surface area contributed by atoms with E-state index in [4.69, 9.17) is 26.2 Å². The van der Waals surface area contributed by atoms with Crippen LogP contribution in [-0.4, -0.2) is 41.6 Å². The molecule has 1 aromatic heterocycles. The lowest BCUT2D eigenvalue weighted by Gasteiger charge is -2.32. The maximum absolute atomic E-state index is 14.3. The Kier molecular flexibility index (Phi) is 8.41. The average molecular weight is 621 g/mol. The number of ether oxygens (including phenoxy) is 3. The molecule has 0 bridgehead atoms. The van der Waals surface area contributed by atoms with E-state index in [0.29, 0.717) is 47.2 Å². The van der Waals surface area contributed by atoms with Crippen LogP contribution in [0.15, 0.2) is 66.9 Å². The van der Waals surface area contributed by atoms with Gasteiger partial charge in [0.15, 0.2) is 11.6 Å². The average Bonchev–Trinajstić information content (AvgIpc) is 3.32. The van der Waals surface area contributed by atoms with Gasteiger partial charge in [-0.3, -0.25) is 14.2 Å². The third-order valence-corrected chi connectivity index (χ3v) is 7.41. The quantitative estimate of drug-likeness (QED) is 0.179. The molecule has 1 atom stereocenters. The number of halogens is 5. The van der Waals surface area contributed by atoms with Crippen molar-refractivity contribution >= 4 is 40.1 Å². The number of hydrogen-bond donors (Lipinski definition) is 2. The van der Waals surface area contributed by atoms with Crippen molar-refractivity contribution in [2.45, 2.75) is 25.2 Å². The normalized spacial score (nSPS) is 17.2. The number of aliphatic carboxylic acids is 1. The van der Waals surface area contributed by atoms with Gasteiger partial charge in [0.1, 0.15) is 17.5 Å². The maximum Gasteiger partial charge on any atom is 0.573 e. The van der Waals surface area contributed by atoms with Crippen molar-refractivity contribution in [1.82, 2.24) is 4.57 Å². The van der Waals surface area contributed by atoms with Crippen LogP contribution in [-0.2, 0) is 4.79 Å². The van der Waals surface area contributed by atoms with Crippen molar-refractivity contribution in [3.8, 4) is 17.2 Å². The highest BCUT2D eigenvalue weighted by Gasteiger charge is 2.35. The molecule has 0 amide bonds. The van der Waals surface area contributed by atoms with Gasteiger partial charge in [-0.2, -0.15) is 0 Å². The molecule has 1 heterocycles. The number of fused-ring (bicyclic) bond motifs is 1. The number of carbonyl (C=O) groups is 2. The third kappa shape index (κ3) is 6.96. The number of anilines is 1. The summed E-state index contributed by atoms with van der Waals surface area (Å²) < 4.78 is 69.2. The summed E-state index contributed by atoms with van der Waals surface area (Å²) in [6.45, 7) is 0.296. The Hall–Kier alpha value is -4.45. The van der Waals surface area contributed by atoms with Gasteiger partial charge < -0.3 is 24.6 Å². The lowest BCUT2D eigenvalue weighted by molar-refractivity contribution is -0.275. The summed E-state index contributed by atoms with van der Waals surface area (Å²) in [6, 6.07) is 13.3. The van der Waals surface area contributed by atoms with Crippen LogP contribution in [0, 0.1) is 17.7 Å². The van der Waals surface area contributed by atoms with Crippen LogP contribution in [0.1, 0.15) is 29.2 Å². The Morgan fingerprint density at radius 3 is 2.42 bits per heavy atom. The fourth-order valence-electron chi connectivity index (χ4n) is 4.92. The van der Waals surface area contributed by atoms with Gasteiger partial charge in [0, 0.05) is 46.6 Å². The fraction of sp³-hybridized carbons (Fsp3) is 0.267. The molecule has 0 unspecified atom stereocenters. The number of nitrogens with one attached hydrogen (secondary N) is 1. The summed E-state index contributed by atoms with van der Waals surface area (Å²) in [6.07, 6.45) is -2.77. The van der Waals surface area contributed by atoms with E-state index in [9.17, 15) is 27.2 Å². The molecule has 13 heteroatoms. The molecular weight excluding hydrogens is 596 g/mol. The highest BCUT2D eigenvalue weighted by Crippen LogP contribution is 2.36. The topological polar surface area (TPSA) is 99.0 Å². The Morgan fingerprint density at radius 2 is 1.77 bits per heavy atom. The Morgan fingerprint density at radius 1 is 1.07 bits per heavy atom. The van der Waals surface area contributed by atoms with Crippen LogP contribution in [0.2, 0.25) is 5.02 Å². The molecule has 1 fully saturated rings. The fourth-order valence-corrected chi connectivity index (χ4v) is 5.05. The molecular formula is C30H25ClF4N2O6. The first kappa shape index (κ1) is 30.0. The summed E-state index contributed by atoms with van der Waals surface area (Å²) in [7, 11) is 1.46. The summed E-state index contributed by atoms with van der Waals surface area (Å²) in [5, 5.41) is 12.9. The van der Waals surface area contributed by atoms with Crippen LogP contribution in [0.3, 0.4) is 0 Å². The Bertz CT molecular complexity index is 1650. The molecule has 5 rings (SSSR count). The smallest absolute Gasteiger partial charge is 0.497 e. The Labute approximate surface area is 247 Å². The monoisotopic (exact) mass is 620 g/mol. The van der Waals surface area contributed by atoms with E-state index in [1.165, 1.54) is 19.4 Å². The maximum atomic E-state index is 14.3. The zero-order chi connectivity index (χ0) is 30.9. The SMILES string of the molecule is COc1cc(N[C@@H](C(=O)n2ccc3cc(F)c(OC(F)(F)F)cc32)c2ccc(Cl)cc2)cc(OCC2CC(C(=O)O)C2)c1. The van der Waals surface area contributed by atoms with Crippen LogP contribution < -0.4 is 19.5 Å². The first-order valence-corrected chi connectivity index (χ1v) is 13.4. The number of hydrogen-bond acceptors (Lipinski definition) is 6. The molecule has 0 aliphatic heterocycles. The number of nitrogens with zero attached hydrogens (tertiary/aromatic N) is 1. The highest BCUT2D eigenvalue weighted by molar-refractivity contribution is 6.30. The largest absolute Gasteiger partial charge is 0.573 e. The number of carboxylic acid groups (broad SMARTS) is 1. The molecule has 3 aromatic carbocycles. The summed E-state index contributed by atoms with van der Waals surface area (Å²) >= 11 is 6.06. The molecule has 0 saturated heterocycles. The van der Waals surface area contributed by atoms with Gasteiger partial charge in [0.25, 0.3) is 5.91 Å². The molecule has 2 N–H and O–H groups in total. The van der Waals surface area contributed by atoms with E-state index >= 15 is 0 Å². The lowest BCUT2D eigenvalue weighted by atomic mass is 9.75. The number of rotatable bonds is 10. The highest BCUT2D eigenvalue weighted by atomic mass is 35.5. The van der Waals surface area contributed by atoms with E-state index in [2.05, 4.69) is 10.1 Å². The summed E-state index contributed by atoms with van der Waals surface area (Å²) in [4.78, 5) is 25.1. The number of aromatic nitrogens is 1. The van der Waals surface area contributed by atoms with Crippen molar-refractivity contribution < 1.29 is 46.5 Å². The van der Waals surface area contributed by atoms with Gasteiger partial charge in [0.2, 0.25) is 0 Å². The van der Waals surface area contributed by atoms with Gasteiger partial charge >= 0.3 is 12.3 Å². The van der Waals surface area contributed by atoms with Crippen molar-refractivity contribution in [3.63, 3.8) is 0 Å². The van der Waals surface area contributed by atoms with Gasteiger partial charge in [-0.05, 0) is 48.6 Å². The molecule has 1 aliphatic carbocycles. The number of benzene rings is 3. The zero-order valence-corrected chi connectivity index (χ0v) is 23.3. The number of methoxy groups -OCH3 is 1. The summed E-state index contributed by atoms with van der Waals surface area (Å²) in [5.41, 5.74) is 0.897. The first-order chi connectivity index (χ1) is 20.4. The standard InChI is InChI=1S/C30H25ClF4N2O6/c1-41-22-11-21(12-23(13-22)42-15-16-8-19(9-16)29(39)40)36-27(17-2-4-20(31)5-3-17)28(38)37-7-6-18-10-24(32)26(14-25(18)37)43-30(33,34)35/h2-7,10-14,16,19,27,36H,8-9,15H2,1H3,(H,39,40)/t16?,19?,27-/m1/s1. The van der Waals surface area contributed by atoms with Crippen molar-refractivity contribution in [2.75, 3.05) is 19.0 Å². The van der Waals surface area contributed by atoms with Crippen LogP contribution in [0.5, 0.6) is 17.2 Å². The minimum absolute atomic E-state index is 0.00115. The second kappa shape index (κ2) is 12.0. The zero-order valence-electron chi connectivity index (χ0n) is 22.5. The predicted molar refractivity (Wildman–Crippen MR) is 149 cm³/mol. The van der Waals surface area contributed by atoms with Crippen LogP contribution in [0.25, 0.3) is 10.9 Å². The van der Waals surface area contributed by atoms with Gasteiger partial charge in [-0.25, -0.2) is 4.39 Å². The molecule has 226 valence electrons. The second-order valence-corrected chi connectivity index (χ2v) is 10.6. The second-order valence-electron chi connectivity index (χ2n) is 10.1. The Balaban J connectivity index is 1.46. The van der Waals surface area contributed by atoms with Gasteiger partial charge in [-0.1, -0.05) is 23.7 Å². The van der Waals surface area contributed by atoms with E-state index in [1.54, 1.807) is 42.5 Å². The minimum atomic E-state index is -5.13. The van der Waals surface area contributed by atoms with E-state index < -0.39 is 35.8 Å². The van der Waals surface area contributed by atoms with E-state index in [1.807, 2.05) is 0 Å². The summed E-state index contributed by atoms with van der Waals surface area (Å²) in [5.74, 6) is -3.18. The van der Waals surface area contributed by atoms with E-state index in [-0.39, 0.29) is 22.7 Å². The lowest BCUT2D eigenvalue weighted by Crippen LogP contribution is -2.33. The predicted octanol–water partition coefficient (Wildman–Crippen LogP) is 7.32. The number of carbonyl (C=O) groups excluding carboxylic acids is 1. The molecule has 4 aromatic rings. The van der Waals surface area contributed by atoms with Crippen molar-refractivity contribution in [2.24, 2.45) is 11.8 Å². The van der Waals surface area contributed by atoms with Crippen molar-refractivity contribution in [3.05, 3.63) is 83.3 Å². The first-order valence-electron chi connectivity index (χ1n) is 13.1. The van der Waals surface area contributed by atoms with Crippen molar-refractivity contribution in [1.29, 1.82) is 0 Å². The van der Waals surface area contributed by atoms with Crippen LogP contribution >= 0.6 is 11.6 Å². The number of carboxylic acids is 1. The molecule has 8 nitrogen and oxygen atoms in total. The van der Waals surface area contributed by atoms with Gasteiger partial charge in [0.05, 0.1) is 25.2 Å². The molecule has 1 saturated carbocycles. The van der Waals surface area contributed by atoms with Crippen LogP contribution in [0.4, 0.5) is 23.2 Å². The third-order valence-electron chi connectivity index (χ3n) is 7.15. The molecule has 0 spiro atoms. The molecule has 0 radical (unpaired) electrons. The van der Waals surface area contributed by atoms with Gasteiger partial charge in [-0.15, -0.1) is 13.2 Å². The molecule has 43 heavy (non-hydrogen) atoms.